The van der Waals surface area contributed by atoms with E-state index in [-0.39, 0.29) is 17.4 Å². The first-order chi connectivity index (χ1) is 8.20. The summed E-state index contributed by atoms with van der Waals surface area (Å²) in [6, 6.07) is 5.25. The van der Waals surface area contributed by atoms with Crippen LogP contribution in [0.15, 0.2) is 18.2 Å². The molecule has 0 radical (unpaired) electrons. The van der Waals surface area contributed by atoms with Gasteiger partial charge in [0.05, 0.1) is 5.56 Å². The summed E-state index contributed by atoms with van der Waals surface area (Å²) in [6.45, 7) is 1.95. The van der Waals surface area contributed by atoms with Gasteiger partial charge in [0.15, 0.2) is 0 Å². The number of phenolic OH excluding ortho intramolecular Hbond substituents is 1. The molecule has 4 N–H and O–H groups in total. The molecule has 1 aromatic carbocycles. The van der Waals surface area contributed by atoms with E-state index in [1.807, 2.05) is 6.07 Å². The molecular weight excluding hydrogens is 216 g/mol. The van der Waals surface area contributed by atoms with Crippen molar-refractivity contribution in [3.05, 3.63) is 23.8 Å². The number of nitrogens with one attached hydrogen (secondary N) is 1. The summed E-state index contributed by atoms with van der Waals surface area (Å²) in [5, 5.41) is 13.2. The van der Waals surface area contributed by atoms with E-state index in [1.54, 1.807) is 12.1 Å². The molecule has 2 heterocycles. The summed E-state index contributed by atoms with van der Waals surface area (Å²) in [7, 11) is 0. The molecule has 0 saturated carbocycles. The summed E-state index contributed by atoms with van der Waals surface area (Å²) < 4.78 is 6.13. The van der Waals surface area contributed by atoms with Crippen molar-refractivity contribution in [1.29, 1.82) is 0 Å². The topological polar surface area (TPSA) is 67.5 Å². The van der Waals surface area contributed by atoms with Gasteiger partial charge in [0.25, 0.3) is 0 Å². The van der Waals surface area contributed by atoms with E-state index in [2.05, 4.69) is 5.32 Å². The summed E-state index contributed by atoms with van der Waals surface area (Å²) in [4.78, 5) is 0. The maximum absolute atomic E-state index is 9.84. The molecule has 0 bridgehead atoms. The zero-order valence-corrected chi connectivity index (χ0v) is 9.78. The molecule has 17 heavy (non-hydrogen) atoms. The molecule has 1 unspecified atom stereocenters. The standard InChI is InChI=1S/C13H18N2O2/c14-9-8-13(4-6-15-7-5-13)17-11-3-1-2-10(16)12(9)11/h1-3,9,15-16H,4-8,14H2. The van der Waals surface area contributed by atoms with Gasteiger partial charge in [-0.05, 0) is 38.1 Å². The second kappa shape index (κ2) is 3.89. The van der Waals surface area contributed by atoms with Crippen LogP contribution in [-0.4, -0.2) is 23.8 Å². The Bertz CT molecular complexity index is 427. The van der Waals surface area contributed by atoms with Crippen LogP contribution in [0.3, 0.4) is 0 Å². The molecule has 1 atom stereocenters. The van der Waals surface area contributed by atoms with E-state index in [0.717, 1.165) is 43.7 Å². The Morgan fingerprint density at radius 1 is 1.35 bits per heavy atom. The molecule has 1 aromatic rings. The van der Waals surface area contributed by atoms with Gasteiger partial charge in [-0.25, -0.2) is 0 Å². The van der Waals surface area contributed by atoms with Crippen LogP contribution in [0.4, 0.5) is 0 Å². The van der Waals surface area contributed by atoms with Crippen molar-refractivity contribution in [2.24, 2.45) is 5.73 Å². The molecule has 4 heteroatoms. The summed E-state index contributed by atoms with van der Waals surface area (Å²) >= 11 is 0. The Balaban J connectivity index is 1.97. The van der Waals surface area contributed by atoms with E-state index in [0.29, 0.717) is 0 Å². The number of hydrogen-bond acceptors (Lipinski definition) is 4. The molecule has 0 aromatic heterocycles. The molecule has 1 fully saturated rings. The highest BCUT2D eigenvalue weighted by Gasteiger charge is 2.41. The van der Waals surface area contributed by atoms with Crippen molar-refractivity contribution in [3.63, 3.8) is 0 Å². The van der Waals surface area contributed by atoms with Crippen molar-refractivity contribution in [1.82, 2.24) is 5.32 Å². The van der Waals surface area contributed by atoms with E-state index >= 15 is 0 Å². The number of piperidine rings is 1. The van der Waals surface area contributed by atoms with Crippen LogP contribution in [0, 0.1) is 0 Å². The molecule has 1 spiro atoms. The maximum atomic E-state index is 9.84. The van der Waals surface area contributed by atoms with Gasteiger partial charge in [-0.2, -0.15) is 0 Å². The molecule has 0 aliphatic carbocycles. The first-order valence-corrected chi connectivity index (χ1v) is 6.17. The molecule has 0 amide bonds. The van der Waals surface area contributed by atoms with E-state index < -0.39 is 0 Å². The van der Waals surface area contributed by atoms with Gasteiger partial charge >= 0.3 is 0 Å². The van der Waals surface area contributed by atoms with E-state index in [1.165, 1.54) is 0 Å². The van der Waals surface area contributed by atoms with Gasteiger partial charge in [-0.1, -0.05) is 6.07 Å². The van der Waals surface area contributed by atoms with Gasteiger partial charge < -0.3 is 20.9 Å². The lowest BCUT2D eigenvalue weighted by molar-refractivity contribution is 0.00727. The van der Waals surface area contributed by atoms with E-state index in [9.17, 15) is 5.11 Å². The number of ether oxygens (including phenoxy) is 1. The quantitative estimate of drug-likeness (QED) is 0.633. The number of rotatable bonds is 0. The Morgan fingerprint density at radius 3 is 2.88 bits per heavy atom. The number of hydrogen-bond donors (Lipinski definition) is 3. The summed E-state index contributed by atoms with van der Waals surface area (Å²) in [5.74, 6) is 1.00. The molecule has 2 aliphatic heterocycles. The van der Waals surface area contributed by atoms with E-state index in [4.69, 9.17) is 10.5 Å². The Kier molecular flexibility index (Phi) is 2.49. The summed E-state index contributed by atoms with van der Waals surface area (Å²) in [5.41, 5.74) is 6.82. The first-order valence-electron chi connectivity index (χ1n) is 6.17. The lowest BCUT2D eigenvalue weighted by Gasteiger charge is -2.43. The second-order valence-corrected chi connectivity index (χ2v) is 5.03. The lowest BCUT2D eigenvalue weighted by Crippen LogP contribution is -2.50. The van der Waals surface area contributed by atoms with Crippen LogP contribution < -0.4 is 15.8 Å². The summed E-state index contributed by atoms with van der Waals surface area (Å²) in [6.07, 6.45) is 2.75. The third kappa shape index (κ3) is 1.77. The monoisotopic (exact) mass is 234 g/mol. The van der Waals surface area contributed by atoms with Crippen LogP contribution in [0.2, 0.25) is 0 Å². The highest BCUT2D eigenvalue weighted by Crippen LogP contribution is 2.45. The van der Waals surface area contributed by atoms with Gasteiger partial charge in [0, 0.05) is 12.5 Å². The molecule has 92 valence electrons. The van der Waals surface area contributed by atoms with Crippen LogP contribution in [0.25, 0.3) is 0 Å². The predicted octanol–water partition coefficient (Wildman–Crippen LogP) is 1.30. The van der Waals surface area contributed by atoms with Gasteiger partial charge in [-0.3, -0.25) is 0 Å². The van der Waals surface area contributed by atoms with Crippen LogP contribution >= 0.6 is 0 Å². The third-order valence-electron chi connectivity index (χ3n) is 3.85. The predicted molar refractivity (Wildman–Crippen MR) is 65.1 cm³/mol. The Morgan fingerprint density at radius 2 is 2.12 bits per heavy atom. The zero-order chi connectivity index (χ0) is 11.9. The fourth-order valence-corrected chi connectivity index (χ4v) is 2.96. The highest BCUT2D eigenvalue weighted by molar-refractivity contribution is 5.48. The average Bonchev–Trinajstić information content (AvgIpc) is 2.29. The maximum Gasteiger partial charge on any atom is 0.128 e. The number of benzene rings is 1. The van der Waals surface area contributed by atoms with Gasteiger partial charge in [-0.15, -0.1) is 0 Å². The smallest absolute Gasteiger partial charge is 0.128 e. The lowest BCUT2D eigenvalue weighted by atomic mass is 9.81. The Labute approximate surface area is 101 Å². The number of fused-ring (bicyclic) bond motifs is 1. The normalized spacial score (nSPS) is 26.3. The van der Waals surface area contributed by atoms with Crippen molar-refractivity contribution < 1.29 is 9.84 Å². The molecular formula is C13H18N2O2. The number of phenols is 1. The number of aromatic hydroxyl groups is 1. The largest absolute Gasteiger partial charge is 0.507 e. The first kappa shape index (κ1) is 10.9. The average molecular weight is 234 g/mol. The molecule has 2 aliphatic rings. The molecule has 3 rings (SSSR count). The second-order valence-electron chi connectivity index (χ2n) is 5.03. The zero-order valence-electron chi connectivity index (χ0n) is 9.78. The van der Waals surface area contributed by atoms with Crippen molar-refractivity contribution in [2.45, 2.75) is 30.9 Å². The minimum absolute atomic E-state index is 0.127. The fourth-order valence-electron chi connectivity index (χ4n) is 2.96. The third-order valence-corrected chi connectivity index (χ3v) is 3.85. The number of nitrogens with two attached hydrogens (primary N) is 1. The highest BCUT2D eigenvalue weighted by atomic mass is 16.5. The van der Waals surface area contributed by atoms with Gasteiger partial charge in [0.1, 0.15) is 17.1 Å². The van der Waals surface area contributed by atoms with Gasteiger partial charge in [0.2, 0.25) is 0 Å². The van der Waals surface area contributed by atoms with Crippen molar-refractivity contribution in [2.75, 3.05) is 13.1 Å². The SMILES string of the molecule is NC1CC2(CCNCC2)Oc2cccc(O)c21. The van der Waals surface area contributed by atoms with Crippen LogP contribution in [0.1, 0.15) is 30.9 Å². The van der Waals surface area contributed by atoms with Crippen molar-refractivity contribution in [3.8, 4) is 11.5 Å². The minimum atomic E-state index is -0.133. The molecule has 1 saturated heterocycles. The minimum Gasteiger partial charge on any atom is -0.507 e. The van der Waals surface area contributed by atoms with Crippen molar-refractivity contribution >= 4 is 0 Å². The van der Waals surface area contributed by atoms with Crippen LogP contribution in [-0.2, 0) is 0 Å². The Hall–Kier alpha value is -1.26. The fraction of sp³-hybridized carbons (Fsp3) is 0.538. The van der Waals surface area contributed by atoms with Crippen LogP contribution in [0.5, 0.6) is 11.5 Å². The molecule has 4 nitrogen and oxygen atoms in total.